The number of piperazine rings is 1. The van der Waals surface area contributed by atoms with Gasteiger partial charge in [0.05, 0.1) is 10.6 Å². The van der Waals surface area contributed by atoms with Gasteiger partial charge in [-0.15, -0.1) is 24.8 Å². The van der Waals surface area contributed by atoms with Crippen LogP contribution in [0.3, 0.4) is 0 Å². The highest BCUT2D eigenvalue weighted by Gasteiger charge is 2.32. The van der Waals surface area contributed by atoms with Gasteiger partial charge in [0.15, 0.2) is 0 Å². The molecule has 1 aromatic carbocycles. The van der Waals surface area contributed by atoms with Crippen LogP contribution in [0.25, 0.3) is 11.1 Å². The molecule has 1 aliphatic rings. The summed E-state index contributed by atoms with van der Waals surface area (Å²) in [6, 6.07) is 9.22. The minimum absolute atomic E-state index is 0. The third kappa shape index (κ3) is 6.69. The molecule has 0 N–H and O–H groups in total. The molecule has 33 heavy (non-hydrogen) atoms. The summed E-state index contributed by atoms with van der Waals surface area (Å²) in [6.07, 6.45) is -0.106. The lowest BCUT2D eigenvalue weighted by atomic mass is 10.1. The fraction of sp³-hybridized carbons (Fsp3) is 0.273. The second-order valence-electron chi connectivity index (χ2n) is 7.38. The average Bonchev–Trinajstić information content (AvgIpc) is 2.74. The number of alkyl halides is 3. The van der Waals surface area contributed by atoms with Crippen LogP contribution in [0.4, 0.5) is 23.4 Å². The molecule has 3 heterocycles. The van der Waals surface area contributed by atoms with E-state index in [1.165, 1.54) is 12.1 Å². The minimum Gasteiger partial charge on any atom is -0.353 e. The van der Waals surface area contributed by atoms with Crippen molar-refractivity contribution in [2.24, 2.45) is 0 Å². The van der Waals surface area contributed by atoms with Crippen molar-refractivity contribution in [2.45, 2.75) is 12.7 Å². The molecule has 0 amide bonds. The highest BCUT2D eigenvalue weighted by atomic mass is 35.5. The van der Waals surface area contributed by atoms with E-state index in [9.17, 15) is 17.6 Å². The van der Waals surface area contributed by atoms with Gasteiger partial charge in [0.1, 0.15) is 11.6 Å². The van der Waals surface area contributed by atoms with E-state index in [-0.39, 0.29) is 35.7 Å². The third-order valence-corrected chi connectivity index (χ3v) is 5.48. The van der Waals surface area contributed by atoms with Crippen molar-refractivity contribution in [3.05, 3.63) is 77.0 Å². The first-order valence-electron chi connectivity index (χ1n) is 9.69. The molecule has 0 spiro atoms. The van der Waals surface area contributed by atoms with E-state index in [0.717, 1.165) is 29.0 Å². The number of rotatable bonds is 4. The van der Waals surface area contributed by atoms with Gasteiger partial charge < -0.3 is 4.90 Å². The molecular weight excluding hydrogens is 503 g/mol. The Hall–Kier alpha value is -2.13. The van der Waals surface area contributed by atoms with E-state index in [2.05, 4.69) is 14.9 Å². The summed E-state index contributed by atoms with van der Waals surface area (Å²) in [6.45, 7) is 3.30. The monoisotopic (exact) mass is 522 g/mol. The highest BCUT2D eigenvalue weighted by Crippen LogP contribution is 2.33. The van der Waals surface area contributed by atoms with Crippen molar-refractivity contribution in [2.75, 3.05) is 31.1 Å². The second kappa shape index (κ2) is 11.3. The number of pyridine rings is 2. The molecule has 1 saturated heterocycles. The number of halogens is 7. The Balaban J connectivity index is 0.00000193. The van der Waals surface area contributed by atoms with Crippen LogP contribution in [0.2, 0.25) is 5.02 Å². The van der Waals surface area contributed by atoms with E-state index in [1.54, 1.807) is 24.5 Å². The van der Waals surface area contributed by atoms with Crippen molar-refractivity contribution in [1.29, 1.82) is 0 Å². The summed E-state index contributed by atoms with van der Waals surface area (Å²) >= 11 is 6.07. The summed E-state index contributed by atoms with van der Waals surface area (Å²) < 4.78 is 51.6. The normalized spacial score (nSPS) is 14.4. The Morgan fingerprint density at radius 1 is 0.879 bits per heavy atom. The second-order valence-corrected chi connectivity index (χ2v) is 7.79. The zero-order valence-corrected chi connectivity index (χ0v) is 19.6. The minimum atomic E-state index is -4.47. The smallest absolute Gasteiger partial charge is 0.353 e. The van der Waals surface area contributed by atoms with Crippen molar-refractivity contribution in [3.8, 4) is 11.1 Å². The first-order valence-corrected chi connectivity index (χ1v) is 10.1. The summed E-state index contributed by atoms with van der Waals surface area (Å²) in [7, 11) is 0. The van der Waals surface area contributed by atoms with E-state index in [4.69, 9.17) is 11.6 Å². The fourth-order valence-corrected chi connectivity index (χ4v) is 3.85. The predicted molar refractivity (Wildman–Crippen MR) is 126 cm³/mol. The first-order chi connectivity index (χ1) is 14.8. The van der Waals surface area contributed by atoms with Crippen LogP contribution in [0, 0.1) is 5.82 Å². The molecule has 1 aliphatic heterocycles. The van der Waals surface area contributed by atoms with Crippen LogP contribution >= 0.6 is 36.4 Å². The summed E-state index contributed by atoms with van der Waals surface area (Å²) in [4.78, 5) is 12.4. The highest BCUT2D eigenvalue weighted by molar-refractivity contribution is 6.33. The fourth-order valence-electron chi connectivity index (χ4n) is 3.57. The maximum atomic E-state index is 13.2. The molecule has 4 rings (SSSR count). The van der Waals surface area contributed by atoms with Gasteiger partial charge in [-0.3, -0.25) is 9.88 Å². The van der Waals surface area contributed by atoms with Gasteiger partial charge in [-0.25, -0.2) is 9.37 Å². The molecular formula is C22H21Cl3F4N4. The summed E-state index contributed by atoms with van der Waals surface area (Å²) in [5.41, 5.74) is 1.98. The number of hydrogen-bond donors (Lipinski definition) is 0. The van der Waals surface area contributed by atoms with Crippen LogP contribution in [-0.2, 0) is 12.7 Å². The van der Waals surface area contributed by atoms with Gasteiger partial charge >= 0.3 is 6.18 Å². The maximum Gasteiger partial charge on any atom is 0.417 e. The molecule has 0 radical (unpaired) electrons. The number of anilines is 1. The number of nitrogens with zero attached hydrogens (tertiary/aromatic N) is 4. The Kier molecular flexibility index (Phi) is 9.31. The SMILES string of the molecule is Cl.Cl.Fc1ccc(-c2cncc(CN3CCN(c4ncc(C(F)(F)F)cc4Cl)CC3)c2)cc1. The van der Waals surface area contributed by atoms with Gasteiger partial charge in [-0.05, 0) is 35.4 Å². The van der Waals surface area contributed by atoms with E-state index in [0.29, 0.717) is 38.5 Å². The largest absolute Gasteiger partial charge is 0.417 e. The standard InChI is InChI=1S/C22H19ClF4N4.2ClH/c23-20-10-18(22(25,26)27)13-29-21(20)31-7-5-30(6-8-31)14-15-9-17(12-28-11-15)16-1-3-19(24)4-2-16;;/h1-4,9-13H,5-8,14H2;2*1H. The molecule has 0 aliphatic carbocycles. The number of benzene rings is 1. The Morgan fingerprint density at radius 3 is 2.15 bits per heavy atom. The van der Waals surface area contributed by atoms with E-state index < -0.39 is 11.7 Å². The Morgan fingerprint density at radius 2 is 1.55 bits per heavy atom. The van der Waals surface area contributed by atoms with Crippen molar-refractivity contribution < 1.29 is 17.6 Å². The first kappa shape index (κ1) is 27.1. The predicted octanol–water partition coefficient (Wildman–Crippen LogP) is 6.12. The molecule has 0 atom stereocenters. The van der Waals surface area contributed by atoms with Crippen molar-refractivity contribution in [1.82, 2.24) is 14.9 Å². The molecule has 2 aromatic heterocycles. The number of hydrogen-bond acceptors (Lipinski definition) is 4. The summed E-state index contributed by atoms with van der Waals surface area (Å²) in [5, 5.41) is -0.000487. The average molecular weight is 524 g/mol. The van der Waals surface area contributed by atoms with E-state index in [1.807, 2.05) is 11.0 Å². The van der Waals surface area contributed by atoms with Crippen molar-refractivity contribution in [3.63, 3.8) is 0 Å². The Labute approximate surface area is 206 Å². The lowest BCUT2D eigenvalue weighted by Crippen LogP contribution is -2.46. The van der Waals surface area contributed by atoms with Gasteiger partial charge in [-0.2, -0.15) is 13.2 Å². The lowest BCUT2D eigenvalue weighted by molar-refractivity contribution is -0.137. The molecule has 178 valence electrons. The zero-order chi connectivity index (χ0) is 22.0. The summed E-state index contributed by atoms with van der Waals surface area (Å²) in [5.74, 6) is 0.0858. The third-order valence-electron chi connectivity index (χ3n) is 5.20. The molecule has 11 heteroatoms. The number of aromatic nitrogens is 2. The molecule has 4 nitrogen and oxygen atoms in total. The topological polar surface area (TPSA) is 32.3 Å². The van der Waals surface area contributed by atoms with Gasteiger partial charge in [-0.1, -0.05) is 23.7 Å². The Bertz CT molecular complexity index is 1060. The maximum absolute atomic E-state index is 13.2. The van der Waals surface area contributed by atoms with Crippen LogP contribution in [0.1, 0.15) is 11.1 Å². The van der Waals surface area contributed by atoms with Crippen LogP contribution in [0.5, 0.6) is 0 Å². The van der Waals surface area contributed by atoms with Crippen LogP contribution in [-0.4, -0.2) is 41.0 Å². The van der Waals surface area contributed by atoms with Crippen LogP contribution in [0.15, 0.2) is 55.0 Å². The van der Waals surface area contributed by atoms with Gasteiger partial charge in [0, 0.05) is 56.9 Å². The molecule has 3 aromatic rings. The molecule has 1 fully saturated rings. The van der Waals surface area contributed by atoms with Gasteiger partial charge in [0.25, 0.3) is 0 Å². The zero-order valence-electron chi connectivity index (χ0n) is 17.2. The lowest BCUT2D eigenvalue weighted by Gasteiger charge is -2.35. The van der Waals surface area contributed by atoms with E-state index >= 15 is 0 Å². The quantitative estimate of drug-likeness (QED) is 0.386. The van der Waals surface area contributed by atoms with Crippen molar-refractivity contribution >= 4 is 42.2 Å². The van der Waals surface area contributed by atoms with Crippen LogP contribution < -0.4 is 4.90 Å². The van der Waals surface area contributed by atoms with Gasteiger partial charge in [0.2, 0.25) is 0 Å². The molecule has 0 bridgehead atoms. The molecule has 0 saturated carbocycles. The molecule has 0 unspecified atom stereocenters.